The third kappa shape index (κ3) is 8.99. The van der Waals surface area contributed by atoms with Crippen LogP contribution in [0, 0.1) is 40.9 Å². The van der Waals surface area contributed by atoms with E-state index < -0.39 is 50.6 Å². The Morgan fingerprint density at radius 1 is 0.571 bits per heavy atom. The van der Waals surface area contributed by atoms with Gasteiger partial charge in [0, 0.05) is 55.8 Å². The number of rotatable bonds is 7. The summed E-state index contributed by atoms with van der Waals surface area (Å²) in [6.07, 6.45) is 8.94. The molecule has 22 heteroatoms. The zero-order valence-corrected chi connectivity index (χ0v) is 47.2. The van der Waals surface area contributed by atoms with Gasteiger partial charge < -0.3 is 20.2 Å². The van der Waals surface area contributed by atoms with E-state index in [1.807, 2.05) is 42.5 Å². The van der Waals surface area contributed by atoms with E-state index in [-0.39, 0.29) is 78.8 Å². The number of hydrogen-bond acceptors (Lipinski definition) is 14. The van der Waals surface area contributed by atoms with Gasteiger partial charge in [0.05, 0.1) is 20.3 Å². The van der Waals surface area contributed by atoms with E-state index in [1.165, 1.54) is 59.7 Å². The first-order valence-corrected chi connectivity index (χ1v) is 31.7. The number of aliphatic hydroxyl groups is 1. The molecule has 0 unspecified atom stereocenters. The summed E-state index contributed by atoms with van der Waals surface area (Å²) in [6.45, 7) is 2.32. The van der Waals surface area contributed by atoms with Crippen LogP contribution in [0.1, 0.15) is 87.3 Å². The molecule has 0 saturated heterocycles. The van der Waals surface area contributed by atoms with Crippen molar-refractivity contribution in [3.05, 3.63) is 120 Å². The van der Waals surface area contributed by atoms with Gasteiger partial charge in [-0.25, -0.2) is 29.9 Å². The van der Waals surface area contributed by atoms with Crippen LogP contribution in [0.2, 0.25) is 0 Å². The number of aromatic nitrogens is 8. The van der Waals surface area contributed by atoms with Gasteiger partial charge in [0.1, 0.15) is 28.3 Å². The van der Waals surface area contributed by atoms with Crippen molar-refractivity contribution in [1.82, 2.24) is 39.9 Å². The average molecular weight is 1180 g/mol. The van der Waals surface area contributed by atoms with Gasteiger partial charge in [-0.15, -0.1) is 0 Å². The Morgan fingerprint density at radius 2 is 1.15 bits per heavy atom. The highest BCUT2D eigenvalue weighted by Crippen LogP contribution is 2.65. The summed E-state index contributed by atoms with van der Waals surface area (Å²) >= 11 is 0. The Labute approximate surface area is 481 Å². The van der Waals surface area contributed by atoms with Gasteiger partial charge in [-0.3, -0.25) is 13.7 Å². The van der Waals surface area contributed by atoms with Gasteiger partial charge >= 0.3 is 0 Å². The second-order valence-corrected chi connectivity index (χ2v) is 26.9. The van der Waals surface area contributed by atoms with Gasteiger partial charge in [0.25, 0.3) is 30.4 Å². The molecule has 8 bridgehead atoms. The van der Waals surface area contributed by atoms with Crippen LogP contribution in [0.15, 0.2) is 118 Å². The van der Waals surface area contributed by atoms with Crippen LogP contribution in [0.25, 0.3) is 100 Å². The van der Waals surface area contributed by atoms with E-state index in [2.05, 4.69) is 46.6 Å². The van der Waals surface area contributed by atoms with Gasteiger partial charge in [-0.05, 0) is 200 Å². The van der Waals surface area contributed by atoms with Crippen LogP contribution < -0.4 is 0 Å². The number of H-pyrrole nitrogens is 2. The van der Waals surface area contributed by atoms with Crippen LogP contribution >= 0.6 is 0 Å². The zero-order chi connectivity index (χ0) is 58.2. The molecule has 0 radical (unpaired) electrons. The van der Waals surface area contributed by atoms with Crippen molar-refractivity contribution in [2.24, 2.45) is 17.3 Å². The number of fused-ring (bicyclic) bond motifs is 26. The van der Waals surface area contributed by atoms with Crippen molar-refractivity contribution < 1.29 is 49.1 Å². The maximum atomic E-state index is 12.6. The summed E-state index contributed by atoms with van der Waals surface area (Å²) in [5.41, 5.74) is 3.89. The molecule has 5 heterocycles. The highest BCUT2D eigenvalue weighted by atomic mass is 32.2. The number of hydrogen-bond donors (Lipinski definition) is 7. The maximum absolute atomic E-state index is 12.6. The number of nitrogens with zero attached hydrogens (tertiary/aromatic N) is 6. The Balaban J connectivity index is 0.840. The monoisotopic (exact) mass is 1180 g/mol. The van der Waals surface area contributed by atoms with Crippen molar-refractivity contribution in [1.29, 1.82) is 0 Å². The van der Waals surface area contributed by atoms with E-state index in [0.717, 1.165) is 74.6 Å². The fourth-order valence-corrected chi connectivity index (χ4v) is 15.5. The number of aromatic amines is 2. The molecule has 2 fully saturated rings. The third-order valence-electron chi connectivity index (χ3n) is 18.2. The van der Waals surface area contributed by atoms with Crippen molar-refractivity contribution >= 4 is 85.3 Å². The molecule has 7 N–H and O–H groups in total. The molecule has 3 aromatic heterocycles. The van der Waals surface area contributed by atoms with Gasteiger partial charge in [0.2, 0.25) is 0 Å². The van der Waals surface area contributed by atoms with E-state index >= 15 is 0 Å². The number of phenols is 1. The smallest absolute Gasteiger partial charge is 0.294 e. The Morgan fingerprint density at radius 3 is 1.80 bits per heavy atom. The lowest BCUT2D eigenvalue weighted by Gasteiger charge is -2.53. The number of benzene rings is 6. The first-order valence-electron chi connectivity index (χ1n) is 27.4. The summed E-state index contributed by atoms with van der Waals surface area (Å²) in [5.74, 6) is 14.3. The minimum Gasteiger partial charge on any atom is -0.508 e. The fraction of sp³-hybridized carbons (Fsp3) is 0.258. The molecule has 0 spiro atoms. The van der Waals surface area contributed by atoms with Crippen LogP contribution in [0.3, 0.4) is 0 Å². The first kappa shape index (κ1) is 53.5. The topological polar surface area (TPSA) is 312 Å². The molecule has 0 amide bonds. The quantitative estimate of drug-likeness (QED) is 0.0443. The third-order valence-corrected chi connectivity index (χ3v) is 20.7. The highest BCUT2D eigenvalue weighted by Gasteiger charge is 2.61. The van der Waals surface area contributed by atoms with Crippen molar-refractivity contribution in [2.45, 2.75) is 97.3 Å². The number of phenolic OH excluding ortho intramolecular Hbond substituents is 1. The Hall–Kier alpha value is -8.45. The molecule has 84 heavy (non-hydrogen) atoms. The van der Waals surface area contributed by atoms with Gasteiger partial charge in [-0.2, -0.15) is 25.3 Å². The molecule has 5 atom stereocenters. The summed E-state index contributed by atoms with van der Waals surface area (Å²) in [4.78, 5) is 34.1. The summed E-state index contributed by atoms with van der Waals surface area (Å²) in [6, 6.07) is 26.6. The predicted octanol–water partition coefficient (Wildman–Crippen LogP) is 10.7. The summed E-state index contributed by atoms with van der Waals surface area (Å²) in [5, 5.41) is 25.4. The second kappa shape index (κ2) is 19.3. The molecular formula is C62H50N8O11S3. The fourth-order valence-electron chi connectivity index (χ4n) is 14.0. The SMILES string of the molecule is C[C@]12CC[C@@H]3c4ccc(O)cc4CC[C@H]3[C@@H]1CC[C@@]2(O)CCCCC#CC#Cc1cccc2cc3c4nc5nc(nc6[nH]c(nc7nc(nc([nH]4)c3cc12)-c1ccc(S(=O)(=O)O)cc1-7)c1ccc(S(=O)(=O)O)cc61)-c1ccc(S(=O)(=O)O)cc1-5. The van der Waals surface area contributed by atoms with Crippen molar-refractivity contribution in [3.8, 4) is 75.0 Å². The lowest BCUT2D eigenvalue weighted by atomic mass is 9.53. The lowest BCUT2D eigenvalue weighted by molar-refractivity contribution is -0.108. The molecular weight excluding hydrogens is 1130 g/mol. The van der Waals surface area contributed by atoms with Crippen LogP contribution in [0.5, 0.6) is 5.75 Å². The lowest BCUT2D eigenvalue weighted by Crippen LogP contribution is -2.50. The maximum Gasteiger partial charge on any atom is 0.294 e. The average Bonchev–Trinajstić information content (AvgIpc) is 2.30. The van der Waals surface area contributed by atoms with Crippen molar-refractivity contribution in [3.63, 3.8) is 0 Å². The van der Waals surface area contributed by atoms with E-state index in [1.54, 1.807) is 0 Å². The summed E-state index contributed by atoms with van der Waals surface area (Å²) < 4.78 is 105. The number of unbranched alkanes of at least 4 members (excludes halogenated alkanes) is 2. The largest absolute Gasteiger partial charge is 0.508 e. The molecule has 19 nitrogen and oxygen atoms in total. The van der Waals surface area contributed by atoms with Crippen LogP contribution in [-0.2, 0) is 36.8 Å². The zero-order valence-electron chi connectivity index (χ0n) is 44.7. The number of aromatic hydroxyl groups is 1. The molecule has 2 aliphatic heterocycles. The van der Waals surface area contributed by atoms with Crippen LogP contribution in [0.4, 0.5) is 0 Å². The van der Waals surface area contributed by atoms with Crippen molar-refractivity contribution in [2.75, 3.05) is 0 Å². The summed E-state index contributed by atoms with van der Waals surface area (Å²) in [7, 11) is -14.2. The highest BCUT2D eigenvalue weighted by molar-refractivity contribution is 7.86. The molecule has 14 rings (SSSR count). The first-order chi connectivity index (χ1) is 40.1. The number of aryl methyl sites for hydroxylation is 1. The molecule has 2 saturated carbocycles. The second-order valence-electron chi connectivity index (χ2n) is 22.7. The standard InChI is InChI=1S/C62H50N8O11S3/c1-61-25-22-41-40-18-13-36(71)27-35(40)12-17-42(41)52(61)23-26-62(61,72)24-7-5-3-2-4-6-9-33-10-8-11-34-28-47-51(32-46(33)34)60-68-55-44-20-15-38(83(76,77)78)30-49(44)58(66-55)64-53-43-19-14-37(82(73,74)75)29-48(43)57(63-53)65-54-45-21-16-39(84(79,80)81)31-50(45)59(67-54)69-56(47)70-60/h8,10-11,13-16,18-21,27-32,41-42,52,71-72H,3,5,7,12,17,22-26H2,1H3,(H,73,74,75)(H,76,77,78)(H,79,80,81)(H2,63,64,65,66,67,68,69,70)/t41-,42-,52+,61+,62+/m1/s1. The Bertz CT molecular complexity index is 5080. The van der Waals surface area contributed by atoms with E-state index in [9.17, 15) is 49.1 Å². The minimum absolute atomic E-state index is 0.00869. The normalized spacial score (nSPS) is 20.7. The minimum atomic E-state index is -4.74. The van der Waals surface area contributed by atoms with Gasteiger partial charge in [0.15, 0.2) is 23.3 Å². The van der Waals surface area contributed by atoms with E-state index in [4.69, 9.17) is 29.9 Å². The molecule has 422 valence electrons. The molecule has 9 aromatic rings. The predicted molar refractivity (Wildman–Crippen MR) is 314 cm³/mol. The van der Waals surface area contributed by atoms with Gasteiger partial charge in [-0.1, -0.05) is 37.0 Å². The molecule has 5 aliphatic rings. The van der Waals surface area contributed by atoms with E-state index in [0.29, 0.717) is 51.8 Å². The molecule has 6 aromatic carbocycles. The molecule has 3 aliphatic carbocycles. The Kier molecular flexibility index (Phi) is 12.3. The van der Waals surface area contributed by atoms with Crippen LogP contribution in [-0.4, -0.2) is 94.6 Å². The number of nitrogens with one attached hydrogen (secondary N) is 2.